The molecule has 2 nitrogen and oxygen atoms in total. The molecule has 0 spiro atoms. The standard InChI is InChI=1S/C11H20O2/c1-3-5-6-7-8-10(4-2)9-11(12)13/h9H,3-8H2,1-2H3,(H,12,13). The minimum Gasteiger partial charge on any atom is -0.478 e. The Kier molecular flexibility index (Phi) is 7.36. The predicted octanol–water partition coefficient (Wildman–Crippen LogP) is 3.38. The molecule has 0 aliphatic heterocycles. The van der Waals surface area contributed by atoms with Crippen LogP contribution in [-0.2, 0) is 4.79 Å². The lowest BCUT2D eigenvalue weighted by Gasteiger charge is -2.02. The molecule has 0 bridgehead atoms. The Bertz CT molecular complexity index is 171. The van der Waals surface area contributed by atoms with Gasteiger partial charge >= 0.3 is 5.97 Å². The normalized spacial score (nSPS) is 11.7. The van der Waals surface area contributed by atoms with Crippen molar-refractivity contribution in [2.24, 2.45) is 0 Å². The monoisotopic (exact) mass is 184 g/mol. The van der Waals surface area contributed by atoms with Crippen molar-refractivity contribution in [3.8, 4) is 0 Å². The number of hydrogen-bond acceptors (Lipinski definition) is 1. The van der Waals surface area contributed by atoms with Crippen LogP contribution in [-0.4, -0.2) is 11.1 Å². The molecule has 0 aromatic rings. The fourth-order valence-corrected chi connectivity index (χ4v) is 1.30. The lowest BCUT2D eigenvalue weighted by atomic mass is 10.0. The summed E-state index contributed by atoms with van der Waals surface area (Å²) >= 11 is 0. The highest BCUT2D eigenvalue weighted by Crippen LogP contribution is 2.12. The summed E-state index contributed by atoms with van der Waals surface area (Å²) in [5.41, 5.74) is 1.06. The second-order valence-electron chi connectivity index (χ2n) is 3.31. The van der Waals surface area contributed by atoms with Crippen LogP contribution in [0.2, 0.25) is 0 Å². The average molecular weight is 184 g/mol. The Morgan fingerprint density at radius 2 is 1.92 bits per heavy atom. The second-order valence-corrected chi connectivity index (χ2v) is 3.31. The van der Waals surface area contributed by atoms with Crippen LogP contribution in [0.25, 0.3) is 0 Å². The molecular formula is C11H20O2. The van der Waals surface area contributed by atoms with E-state index in [1.165, 1.54) is 25.3 Å². The highest BCUT2D eigenvalue weighted by atomic mass is 16.4. The maximum atomic E-state index is 10.4. The molecule has 0 fully saturated rings. The van der Waals surface area contributed by atoms with Crippen LogP contribution in [0.4, 0.5) is 0 Å². The van der Waals surface area contributed by atoms with Crippen molar-refractivity contribution < 1.29 is 9.90 Å². The van der Waals surface area contributed by atoms with Gasteiger partial charge in [-0.15, -0.1) is 0 Å². The van der Waals surface area contributed by atoms with Crippen molar-refractivity contribution in [1.29, 1.82) is 0 Å². The van der Waals surface area contributed by atoms with Gasteiger partial charge in [0.15, 0.2) is 0 Å². The highest BCUT2D eigenvalue weighted by molar-refractivity contribution is 5.80. The van der Waals surface area contributed by atoms with Crippen molar-refractivity contribution in [2.75, 3.05) is 0 Å². The molecule has 0 aliphatic carbocycles. The minimum atomic E-state index is -0.813. The number of unbranched alkanes of at least 4 members (excludes halogenated alkanes) is 3. The van der Waals surface area contributed by atoms with Crippen LogP contribution in [0.3, 0.4) is 0 Å². The summed E-state index contributed by atoms with van der Waals surface area (Å²) in [6.07, 6.45) is 7.98. The lowest BCUT2D eigenvalue weighted by molar-refractivity contribution is -0.131. The molecule has 76 valence electrons. The number of carboxylic acids is 1. The lowest BCUT2D eigenvalue weighted by Crippen LogP contribution is -1.92. The number of aliphatic carboxylic acids is 1. The van der Waals surface area contributed by atoms with Gasteiger partial charge in [0.1, 0.15) is 0 Å². The van der Waals surface area contributed by atoms with E-state index in [1.54, 1.807) is 0 Å². The van der Waals surface area contributed by atoms with Crippen LogP contribution in [0.5, 0.6) is 0 Å². The quantitative estimate of drug-likeness (QED) is 0.486. The van der Waals surface area contributed by atoms with Gasteiger partial charge in [0, 0.05) is 6.08 Å². The van der Waals surface area contributed by atoms with E-state index in [1.807, 2.05) is 6.92 Å². The van der Waals surface area contributed by atoms with E-state index < -0.39 is 5.97 Å². The summed E-state index contributed by atoms with van der Waals surface area (Å²) in [4.78, 5) is 10.4. The average Bonchev–Trinajstić information content (AvgIpc) is 2.09. The molecule has 1 N–H and O–H groups in total. The Balaban J connectivity index is 3.66. The highest BCUT2D eigenvalue weighted by Gasteiger charge is 1.97. The van der Waals surface area contributed by atoms with Gasteiger partial charge < -0.3 is 5.11 Å². The topological polar surface area (TPSA) is 37.3 Å². The molecule has 0 aromatic carbocycles. The van der Waals surface area contributed by atoms with Gasteiger partial charge in [0.05, 0.1) is 0 Å². The molecule has 0 aliphatic rings. The molecule has 0 rings (SSSR count). The SMILES string of the molecule is CCCCCCC(=CC(=O)O)CC. The van der Waals surface area contributed by atoms with Crippen LogP contribution in [0.1, 0.15) is 52.4 Å². The van der Waals surface area contributed by atoms with E-state index in [2.05, 4.69) is 6.92 Å². The van der Waals surface area contributed by atoms with Crippen molar-refractivity contribution >= 4 is 5.97 Å². The van der Waals surface area contributed by atoms with Crippen molar-refractivity contribution in [3.05, 3.63) is 11.6 Å². The van der Waals surface area contributed by atoms with Gasteiger partial charge in [-0.25, -0.2) is 4.79 Å². The summed E-state index contributed by atoms with van der Waals surface area (Å²) in [6.45, 7) is 4.18. The number of carboxylic acid groups (broad SMARTS) is 1. The van der Waals surface area contributed by atoms with E-state index in [-0.39, 0.29) is 0 Å². The molecule has 0 radical (unpaired) electrons. The van der Waals surface area contributed by atoms with E-state index >= 15 is 0 Å². The molecule has 0 saturated heterocycles. The van der Waals surface area contributed by atoms with Gasteiger partial charge in [0.2, 0.25) is 0 Å². The molecule has 0 atom stereocenters. The van der Waals surface area contributed by atoms with E-state index in [9.17, 15) is 4.79 Å². The smallest absolute Gasteiger partial charge is 0.328 e. The largest absolute Gasteiger partial charge is 0.478 e. The first-order chi connectivity index (χ1) is 6.20. The summed E-state index contributed by atoms with van der Waals surface area (Å²) in [5.74, 6) is -0.813. The molecule has 0 aromatic heterocycles. The number of rotatable bonds is 7. The molecule has 0 saturated carbocycles. The molecule has 2 heteroatoms. The van der Waals surface area contributed by atoms with Crippen LogP contribution in [0.15, 0.2) is 11.6 Å². The predicted molar refractivity (Wildman–Crippen MR) is 54.8 cm³/mol. The van der Waals surface area contributed by atoms with Gasteiger partial charge in [-0.2, -0.15) is 0 Å². The third kappa shape index (κ3) is 7.57. The second kappa shape index (κ2) is 7.84. The Labute approximate surface area is 80.7 Å². The van der Waals surface area contributed by atoms with E-state index in [4.69, 9.17) is 5.11 Å². The summed E-state index contributed by atoms with van der Waals surface area (Å²) < 4.78 is 0. The van der Waals surface area contributed by atoms with Crippen molar-refractivity contribution in [3.63, 3.8) is 0 Å². The zero-order chi connectivity index (χ0) is 10.1. The first-order valence-corrected chi connectivity index (χ1v) is 5.13. The molecule has 0 unspecified atom stereocenters. The van der Waals surface area contributed by atoms with Crippen molar-refractivity contribution in [2.45, 2.75) is 52.4 Å². The number of carbonyl (C=O) groups is 1. The summed E-state index contributed by atoms with van der Waals surface area (Å²) in [7, 11) is 0. The summed E-state index contributed by atoms with van der Waals surface area (Å²) in [5, 5.41) is 8.54. The molecule has 0 heterocycles. The van der Waals surface area contributed by atoms with Gasteiger partial charge in [-0.1, -0.05) is 38.7 Å². The fraction of sp³-hybridized carbons (Fsp3) is 0.727. The number of allylic oxidation sites excluding steroid dienone is 1. The maximum absolute atomic E-state index is 10.4. The van der Waals surface area contributed by atoms with Crippen LogP contribution >= 0.6 is 0 Å². The minimum absolute atomic E-state index is 0.813. The van der Waals surface area contributed by atoms with Gasteiger partial charge in [-0.3, -0.25) is 0 Å². The molecule has 13 heavy (non-hydrogen) atoms. The summed E-state index contributed by atoms with van der Waals surface area (Å²) in [6, 6.07) is 0. The van der Waals surface area contributed by atoms with E-state index in [0.717, 1.165) is 24.8 Å². The Hall–Kier alpha value is -0.790. The first-order valence-electron chi connectivity index (χ1n) is 5.13. The number of hydrogen-bond donors (Lipinski definition) is 1. The molecular weight excluding hydrogens is 164 g/mol. The maximum Gasteiger partial charge on any atom is 0.328 e. The molecule has 0 amide bonds. The fourth-order valence-electron chi connectivity index (χ4n) is 1.30. The zero-order valence-corrected chi connectivity index (χ0v) is 8.68. The van der Waals surface area contributed by atoms with Gasteiger partial charge in [0.25, 0.3) is 0 Å². The third-order valence-corrected chi connectivity index (χ3v) is 2.13. The van der Waals surface area contributed by atoms with E-state index in [0.29, 0.717) is 0 Å². The first kappa shape index (κ1) is 12.2. The third-order valence-electron chi connectivity index (χ3n) is 2.13. The van der Waals surface area contributed by atoms with Crippen LogP contribution in [0, 0.1) is 0 Å². The zero-order valence-electron chi connectivity index (χ0n) is 8.68. The van der Waals surface area contributed by atoms with Crippen LogP contribution < -0.4 is 0 Å². The Morgan fingerprint density at radius 3 is 2.38 bits per heavy atom. The van der Waals surface area contributed by atoms with Crippen molar-refractivity contribution in [1.82, 2.24) is 0 Å². The van der Waals surface area contributed by atoms with Gasteiger partial charge in [-0.05, 0) is 19.3 Å². The Morgan fingerprint density at radius 1 is 1.23 bits per heavy atom.